The van der Waals surface area contributed by atoms with Crippen molar-refractivity contribution in [1.29, 1.82) is 0 Å². The number of carbonyl (C=O) groups is 2. The van der Waals surface area contributed by atoms with Crippen LogP contribution in [0.4, 0.5) is 0 Å². The molecule has 21 heavy (non-hydrogen) atoms. The van der Waals surface area contributed by atoms with E-state index in [1.54, 1.807) is 0 Å². The zero-order valence-corrected chi connectivity index (χ0v) is 13.1. The Morgan fingerprint density at radius 1 is 1.38 bits per heavy atom. The van der Waals surface area contributed by atoms with Gasteiger partial charge in [0, 0.05) is 19.5 Å². The van der Waals surface area contributed by atoms with Crippen molar-refractivity contribution in [2.45, 2.75) is 46.2 Å². The third-order valence-electron chi connectivity index (χ3n) is 4.17. The number of amides is 2. The van der Waals surface area contributed by atoms with Crippen molar-refractivity contribution in [2.75, 3.05) is 6.54 Å². The van der Waals surface area contributed by atoms with Gasteiger partial charge in [0.15, 0.2) is 0 Å². The minimum Gasteiger partial charge on any atom is -0.344 e. The zero-order valence-electron chi connectivity index (χ0n) is 13.1. The Kier molecular flexibility index (Phi) is 4.99. The summed E-state index contributed by atoms with van der Waals surface area (Å²) >= 11 is 0. The van der Waals surface area contributed by atoms with Crippen LogP contribution in [0.3, 0.4) is 0 Å². The topological polar surface area (TPSA) is 49.4 Å². The van der Waals surface area contributed by atoms with Crippen LogP contribution in [0.1, 0.15) is 37.8 Å². The molecule has 0 radical (unpaired) electrons. The fraction of sp³-hybridized carbons (Fsp3) is 0.529. The van der Waals surface area contributed by atoms with Crippen LogP contribution in [0.5, 0.6) is 0 Å². The smallest absolute Gasteiger partial charge is 0.245 e. The van der Waals surface area contributed by atoms with E-state index in [0.29, 0.717) is 19.5 Å². The van der Waals surface area contributed by atoms with Crippen molar-refractivity contribution in [2.24, 2.45) is 5.92 Å². The third kappa shape index (κ3) is 3.84. The molecule has 1 aromatic carbocycles. The van der Waals surface area contributed by atoms with E-state index < -0.39 is 6.04 Å². The molecule has 1 fully saturated rings. The molecule has 1 heterocycles. The van der Waals surface area contributed by atoms with E-state index in [1.165, 1.54) is 5.56 Å². The zero-order chi connectivity index (χ0) is 15.4. The molecule has 2 atom stereocenters. The van der Waals surface area contributed by atoms with Crippen LogP contribution in [-0.4, -0.2) is 29.3 Å². The molecule has 1 aliphatic heterocycles. The summed E-state index contributed by atoms with van der Waals surface area (Å²) in [6, 6.07) is 7.77. The minimum absolute atomic E-state index is 0.0274. The second-order valence-electron chi connectivity index (χ2n) is 5.93. The van der Waals surface area contributed by atoms with E-state index >= 15 is 0 Å². The lowest BCUT2D eigenvalue weighted by Crippen LogP contribution is -2.48. The number of aryl methyl sites for hydroxylation is 1. The first-order valence-corrected chi connectivity index (χ1v) is 7.65. The molecule has 1 saturated heterocycles. The van der Waals surface area contributed by atoms with Crippen LogP contribution in [0.2, 0.25) is 0 Å². The lowest BCUT2D eigenvalue weighted by Gasteiger charge is -2.27. The summed E-state index contributed by atoms with van der Waals surface area (Å²) in [6.45, 7) is 7.16. The molecule has 2 rings (SSSR count). The van der Waals surface area contributed by atoms with Gasteiger partial charge < -0.3 is 10.2 Å². The highest BCUT2D eigenvalue weighted by atomic mass is 16.2. The summed E-state index contributed by atoms with van der Waals surface area (Å²) in [5.41, 5.74) is 2.29. The SMILES string of the molecule is CCC(C)C1NC(=O)CCN(Cc2cccc(C)c2)C1=O. The summed E-state index contributed by atoms with van der Waals surface area (Å²) in [5.74, 6) is 0.164. The molecule has 0 bridgehead atoms. The third-order valence-corrected chi connectivity index (χ3v) is 4.17. The van der Waals surface area contributed by atoms with Crippen LogP contribution in [0.25, 0.3) is 0 Å². The highest BCUT2D eigenvalue weighted by molar-refractivity contribution is 5.90. The van der Waals surface area contributed by atoms with Crippen molar-refractivity contribution >= 4 is 11.8 Å². The molecule has 4 heteroatoms. The van der Waals surface area contributed by atoms with Crippen molar-refractivity contribution in [1.82, 2.24) is 10.2 Å². The molecule has 0 spiro atoms. The predicted molar refractivity (Wildman–Crippen MR) is 82.6 cm³/mol. The lowest BCUT2D eigenvalue weighted by atomic mass is 9.98. The second-order valence-corrected chi connectivity index (χ2v) is 5.93. The standard InChI is InChI=1S/C17H24N2O2/c1-4-13(3)16-17(21)19(9-8-15(20)18-16)11-14-7-5-6-12(2)10-14/h5-7,10,13,16H,4,8-9,11H2,1-3H3,(H,18,20). The average Bonchev–Trinajstić information content (AvgIpc) is 2.60. The Hall–Kier alpha value is -1.84. The fourth-order valence-electron chi connectivity index (χ4n) is 2.66. The second kappa shape index (κ2) is 6.74. The van der Waals surface area contributed by atoms with Gasteiger partial charge >= 0.3 is 0 Å². The van der Waals surface area contributed by atoms with E-state index in [-0.39, 0.29) is 17.7 Å². The van der Waals surface area contributed by atoms with Gasteiger partial charge in [-0.25, -0.2) is 0 Å². The number of nitrogens with zero attached hydrogens (tertiary/aromatic N) is 1. The quantitative estimate of drug-likeness (QED) is 0.924. The number of carbonyl (C=O) groups excluding carboxylic acids is 2. The Morgan fingerprint density at radius 3 is 2.81 bits per heavy atom. The summed E-state index contributed by atoms with van der Waals surface area (Å²) < 4.78 is 0. The van der Waals surface area contributed by atoms with Gasteiger partial charge in [-0.2, -0.15) is 0 Å². The van der Waals surface area contributed by atoms with Gasteiger partial charge in [-0.1, -0.05) is 50.1 Å². The van der Waals surface area contributed by atoms with Gasteiger partial charge in [-0.15, -0.1) is 0 Å². The molecule has 0 aliphatic carbocycles. The summed E-state index contributed by atoms with van der Waals surface area (Å²) in [6.07, 6.45) is 1.25. The van der Waals surface area contributed by atoms with Gasteiger partial charge in [-0.3, -0.25) is 9.59 Å². The maximum absolute atomic E-state index is 12.7. The number of hydrogen-bond acceptors (Lipinski definition) is 2. The fourth-order valence-corrected chi connectivity index (χ4v) is 2.66. The first-order chi connectivity index (χ1) is 10.0. The number of benzene rings is 1. The molecule has 1 aromatic rings. The first kappa shape index (κ1) is 15.5. The first-order valence-electron chi connectivity index (χ1n) is 7.65. The molecule has 0 aromatic heterocycles. The van der Waals surface area contributed by atoms with Gasteiger partial charge in [0.2, 0.25) is 11.8 Å². The van der Waals surface area contributed by atoms with Gasteiger partial charge in [0.25, 0.3) is 0 Å². The van der Waals surface area contributed by atoms with Crippen molar-refractivity contribution in [3.63, 3.8) is 0 Å². The van der Waals surface area contributed by atoms with Gasteiger partial charge in [0.1, 0.15) is 6.04 Å². The minimum atomic E-state index is -0.394. The molecule has 2 unspecified atom stereocenters. The van der Waals surface area contributed by atoms with Crippen molar-refractivity contribution in [3.05, 3.63) is 35.4 Å². The summed E-state index contributed by atoms with van der Waals surface area (Å²) in [4.78, 5) is 26.3. The maximum Gasteiger partial charge on any atom is 0.245 e. The highest BCUT2D eigenvalue weighted by Gasteiger charge is 2.32. The lowest BCUT2D eigenvalue weighted by molar-refractivity contribution is -0.135. The van der Waals surface area contributed by atoms with Crippen LogP contribution in [-0.2, 0) is 16.1 Å². The van der Waals surface area contributed by atoms with E-state index in [4.69, 9.17) is 0 Å². The van der Waals surface area contributed by atoms with Crippen LogP contribution in [0.15, 0.2) is 24.3 Å². The number of nitrogens with one attached hydrogen (secondary N) is 1. The Balaban J connectivity index is 2.17. The number of hydrogen-bond donors (Lipinski definition) is 1. The molecule has 1 aliphatic rings. The molecule has 114 valence electrons. The molecule has 4 nitrogen and oxygen atoms in total. The van der Waals surface area contributed by atoms with Crippen LogP contribution >= 0.6 is 0 Å². The van der Waals surface area contributed by atoms with Gasteiger partial charge in [-0.05, 0) is 18.4 Å². The Bertz CT molecular complexity index is 527. The maximum atomic E-state index is 12.7. The Labute approximate surface area is 126 Å². The van der Waals surface area contributed by atoms with E-state index in [9.17, 15) is 9.59 Å². The van der Waals surface area contributed by atoms with Crippen molar-refractivity contribution < 1.29 is 9.59 Å². The van der Waals surface area contributed by atoms with Crippen molar-refractivity contribution in [3.8, 4) is 0 Å². The van der Waals surface area contributed by atoms with Gasteiger partial charge in [0.05, 0.1) is 0 Å². The highest BCUT2D eigenvalue weighted by Crippen LogP contribution is 2.17. The molecule has 1 N–H and O–H groups in total. The Morgan fingerprint density at radius 2 is 2.14 bits per heavy atom. The normalized spacial score (nSPS) is 20.9. The van der Waals surface area contributed by atoms with Crippen LogP contribution in [0, 0.1) is 12.8 Å². The van der Waals surface area contributed by atoms with E-state index in [1.807, 2.05) is 43.9 Å². The molecule has 0 saturated carbocycles. The summed E-state index contributed by atoms with van der Waals surface area (Å²) in [7, 11) is 0. The summed E-state index contributed by atoms with van der Waals surface area (Å²) in [5, 5.41) is 2.88. The molecular formula is C17H24N2O2. The monoisotopic (exact) mass is 288 g/mol. The van der Waals surface area contributed by atoms with E-state index in [0.717, 1.165) is 12.0 Å². The molecular weight excluding hydrogens is 264 g/mol. The predicted octanol–water partition coefficient (Wildman–Crippen LogP) is 2.26. The molecule has 2 amide bonds. The average molecular weight is 288 g/mol. The largest absolute Gasteiger partial charge is 0.344 e. The van der Waals surface area contributed by atoms with Crippen LogP contribution < -0.4 is 5.32 Å². The van der Waals surface area contributed by atoms with E-state index in [2.05, 4.69) is 11.4 Å². The number of rotatable bonds is 4.